The lowest BCUT2D eigenvalue weighted by atomic mass is 9.97. The lowest BCUT2D eigenvalue weighted by Crippen LogP contribution is -2.36. The number of benzene rings is 2. The van der Waals surface area contributed by atoms with Crippen molar-refractivity contribution < 1.29 is 26.7 Å². The highest BCUT2D eigenvalue weighted by atomic mass is 32.2. The van der Waals surface area contributed by atoms with Crippen LogP contribution in [0.1, 0.15) is 28.7 Å². The predicted molar refractivity (Wildman–Crippen MR) is 115 cm³/mol. The van der Waals surface area contributed by atoms with Crippen molar-refractivity contribution in [1.29, 1.82) is 0 Å². The third kappa shape index (κ3) is 5.29. The third-order valence-corrected chi connectivity index (χ3v) is 7.08. The fourth-order valence-corrected chi connectivity index (χ4v) is 4.82. The van der Waals surface area contributed by atoms with Gasteiger partial charge in [-0.25, -0.2) is 8.42 Å². The molecule has 0 aliphatic heterocycles. The Balaban J connectivity index is 1.73. The van der Waals surface area contributed by atoms with Crippen molar-refractivity contribution in [3.8, 4) is 5.75 Å². The second-order valence-electron chi connectivity index (χ2n) is 7.43. The number of para-hydroxylation sites is 1. The number of alkyl halides is 2. The van der Waals surface area contributed by atoms with E-state index in [4.69, 9.17) is 0 Å². The van der Waals surface area contributed by atoms with Crippen LogP contribution in [0.4, 0.5) is 14.5 Å². The molecule has 3 rings (SSSR count). The number of carbonyl (C=O) groups excluding carboxylic acids is 1. The number of anilines is 1. The highest BCUT2D eigenvalue weighted by Gasteiger charge is 2.28. The maximum Gasteiger partial charge on any atom is 0.387 e. The molecular weight excluding hydrogens is 426 g/mol. The molecule has 2 aromatic rings. The molecule has 0 bridgehead atoms. The number of fused-ring (bicyclic) bond motifs is 1. The van der Waals surface area contributed by atoms with Crippen LogP contribution in [0, 0.1) is 13.8 Å². The maximum atomic E-state index is 13.0. The molecule has 0 saturated heterocycles. The molecule has 0 aromatic heterocycles. The minimum Gasteiger partial charge on any atom is -0.435 e. The SMILES string of the molecule is Cc1cccc(C)c1NC(=O)CN(C)S(=O)(=O)C1=Cc2ccc(OC(F)F)cc2CC1. The third-order valence-electron chi connectivity index (χ3n) is 5.15. The Morgan fingerprint density at radius 2 is 1.84 bits per heavy atom. The second-order valence-corrected chi connectivity index (χ2v) is 9.52. The lowest BCUT2D eigenvalue weighted by molar-refractivity contribution is -0.116. The average molecular weight is 451 g/mol. The zero-order valence-corrected chi connectivity index (χ0v) is 18.3. The van der Waals surface area contributed by atoms with E-state index in [1.165, 1.54) is 25.3 Å². The molecule has 2 aromatic carbocycles. The van der Waals surface area contributed by atoms with E-state index in [1.54, 1.807) is 6.07 Å². The number of likely N-dealkylation sites (N-methyl/N-ethyl adjacent to an activating group) is 1. The Morgan fingerprint density at radius 1 is 1.16 bits per heavy atom. The van der Waals surface area contributed by atoms with Gasteiger partial charge in [-0.1, -0.05) is 24.3 Å². The van der Waals surface area contributed by atoms with Crippen molar-refractivity contribution in [3.05, 3.63) is 63.6 Å². The van der Waals surface area contributed by atoms with Crippen molar-refractivity contribution >= 4 is 27.7 Å². The highest BCUT2D eigenvalue weighted by molar-refractivity contribution is 7.93. The Hall–Kier alpha value is -2.78. The summed E-state index contributed by atoms with van der Waals surface area (Å²) in [5.41, 5.74) is 3.81. The number of carbonyl (C=O) groups is 1. The minimum atomic E-state index is -3.86. The van der Waals surface area contributed by atoms with Gasteiger partial charge in [0.05, 0.1) is 11.4 Å². The van der Waals surface area contributed by atoms with Crippen molar-refractivity contribution in [1.82, 2.24) is 4.31 Å². The van der Waals surface area contributed by atoms with Crippen LogP contribution >= 0.6 is 0 Å². The van der Waals surface area contributed by atoms with Crippen molar-refractivity contribution in [3.63, 3.8) is 0 Å². The number of allylic oxidation sites excluding steroid dienone is 1. The van der Waals surface area contributed by atoms with Gasteiger partial charge in [0.2, 0.25) is 15.9 Å². The summed E-state index contributed by atoms with van der Waals surface area (Å²) in [7, 11) is -2.50. The summed E-state index contributed by atoms with van der Waals surface area (Å²) in [6.07, 6.45) is 2.08. The monoisotopic (exact) mass is 450 g/mol. The van der Waals surface area contributed by atoms with Crippen LogP contribution in [0.5, 0.6) is 5.75 Å². The Labute approximate surface area is 180 Å². The number of halogens is 2. The largest absolute Gasteiger partial charge is 0.435 e. The van der Waals surface area contributed by atoms with Crippen LogP contribution in [-0.4, -0.2) is 38.8 Å². The van der Waals surface area contributed by atoms with Gasteiger partial charge in [-0.05, 0) is 67.2 Å². The van der Waals surface area contributed by atoms with Crippen LogP contribution in [0.25, 0.3) is 6.08 Å². The van der Waals surface area contributed by atoms with E-state index < -0.39 is 22.5 Å². The molecule has 0 radical (unpaired) electrons. The van der Waals surface area contributed by atoms with E-state index in [-0.39, 0.29) is 23.6 Å². The van der Waals surface area contributed by atoms with E-state index in [0.29, 0.717) is 17.7 Å². The lowest BCUT2D eigenvalue weighted by Gasteiger charge is -2.23. The number of nitrogens with zero attached hydrogens (tertiary/aromatic N) is 1. The first kappa shape index (κ1) is 22.9. The Kier molecular flexibility index (Phi) is 6.76. The van der Waals surface area contributed by atoms with Gasteiger partial charge in [-0.15, -0.1) is 0 Å². The number of amides is 1. The standard InChI is InChI=1S/C22H24F2N2O4S/c1-14-5-4-6-15(2)21(14)25-20(27)13-26(3)31(28,29)19-10-8-16-11-18(30-22(23)24)9-7-17(16)12-19/h4-7,9,11-12,22H,8,10,13H2,1-3H3,(H,25,27). The molecule has 1 amide bonds. The molecule has 9 heteroatoms. The van der Waals surface area contributed by atoms with Gasteiger partial charge in [0.15, 0.2) is 0 Å². The van der Waals surface area contributed by atoms with Gasteiger partial charge >= 0.3 is 6.61 Å². The molecule has 166 valence electrons. The number of hydrogen-bond donors (Lipinski definition) is 1. The number of hydrogen-bond acceptors (Lipinski definition) is 4. The molecule has 0 heterocycles. The molecule has 1 aliphatic carbocycles. The van der Waals surface area contributed by atoms with Gasteiger partial charge in [0, 0.05) is 12.7 Å². The summed E-state index contributed by atoms with van der Waals surface area (Å²) >= 11 is 0. The molecule has 1 N–H and O–H groups in total. The van der Waals surface area contributed by atoms with E-state index in [0.717, 1.165) is 21.0 Å². The summed E-state index contributed by atoms with van der Waals surface area (Å²) in [5.74, 6) is -0.400. The Bertz CT molecular complexity index is 1110. The van der Waals surface area contributed by atoms with Crippen LogP contribution < -0.4 is 10.1 Å². The van der Waals surface area contributed by atoms with E-state index >= 15 is 0 Å². The second kappa shape index (κ2) is 9.15. The highest BCUT2D eigenvalue weighted by Crippen LogP contribution is 2.31. The van der Waals surface area contributed by atoms with Gasteiger partial charge < -0.3 is 10.1 Å². The summed E-state index contributed by atoms with van der Waals surface area (Å²) in [6.45, 7) is 0.480. The van der Waals surface area contributed by atoms with E-state index in [1.807, 2.05) is 32.0 Å². The molecule has 1 aliphatic rings. The molecule has 31 heavy (non-hydrogen) atoms. The van der Waals surface area contributed by atoms with Crippen molar-refractivity contribution in [2.45, 2.75) is 33.3 Å². The summed E-state index contributed by atoms with van der Waals surface area (Å²) in [6, 6.07) is 10.0. The van der Waals surface area contributed by atoms with Gasteiger partial charge in [-0.2, -0.15) is 13.1 Å². The summed E-state index contributed by atoms with van der Waals surface area (Å²) in [4.78, 5) is 12.6. The van der Waals surface area contributed by atoms with E-state index in [2.05, 4.69) is 10.1 Å². The van der Waals surface area contributed by atoms with Crippen LogP contribution in [0.15, 0.2) is 41.3 Å². The fourth-order valence-electron chi connectivity index (χ4n) is 3.50. The predicted octanol–water partition coefficient (Wildman–Crippen LogP) is 4.09. The first-order valence-corrected chi connectivity index (χ1v) is 11.1. The first-order valence-electron chi connectivity index (χ1n) is 9.68. The summed E-state index contributed by atoms with van der Waals surface area (Å²) in [5, 5.41) is 2.78. The van der Waals surface area contributed by atoms with Crippen molar-refractivity contribution in [2.75, 3.05) is 18.9 Å². The number of sulfonamides is 1. The molecule has 0 spiro atoms. The van der Waals surface area contributed by atoms with Gasteiger partial charge in [0.1, 0.15) is 5.75 Å². The topological polar surface area (TPSA) is 75.7 Å². The zero-order valence-electron chi connectivity index (χ0n) is 17.5. The van der Waals surface area contributed by atoms with Crippen LogP contribution in [-0.2, 0) is 21.2 Å². The molecule has 0 saturated carbocycles. The molecule has 0 fully saturated rings. The summed E-state index contributed by atoms with van der Waals surface area (Å²) < 4.78 is 56.2. The minimum absolute atomic E-state index is 0.0359. The van der Waals surface area contributed by atoms with Crippen LogP contribution in [0.3, 0.4) is 0 Å². The number of aryl methyl sites for hydroxylation is 3. The number of nitrogens with one attached hydrogen (secondary N) is 1. The average Bonchev–Trinajstić information content (AvgIpc) is 2.70. The number of ether oxygens (including phenoxy) is 1. The molecular formula is C22H24F2N2O4S. The quantitative estimate of drug-likeness (QED) is 0.689. The van der Waals surface area contributed by atoms with E-state index in [9.17, 15) is 22.0 Å². The fraction of sp³-hybridized carbons (Fsp3) is 0.318. The zero-order chi connectivity index (χ0) is 22.8. The molecule has 0 unspecified atom stereocenters. The molecule has 0 atom stereocenters. The number of rotatable bonds is 7. The Morgan fingerprint density at radius 3 is 2.48 bits per heavy atom. The van der Waals surface area contributed by atoms with Gasteiger partial charge in [-0.3, -0.25) is 4.79 Å². The maximum absolute atomic E-state index is 13.0. The van der Waals surface area contributed by atoms with Gasteiger partial charge in [0.25, 0.3) is 0 Å². The van der Waals surface area contributed by atoms with Crippen molar-refractivity contribution in [2.24, 2.45) is 0 Å². The molecule has 6 nitrogen and oxygen atoms in total. The van der Waals surface area contributed by atoms with Crippen LogP contribution in [0.2, 0.25) is 0 Å². The normalized spacial score (nSPS) is 13.7. The smallest absolute Gasteiger partial charge is 0.387 e. The first-order chi connectivity index (χ1) is 14.6.